The molecule has 0 bridgehead atoms. The van der Waals surface area contributed by atoms with Crippen molar-refractivity contribution in [1.82, 2.24) is 25.1 Å². The van der Waals surface area contributed by atoms with Gasteiger partial charge in [0.15, 0.2) is 11.6 Å². The lowest BCUT2D eigenvalue weighted by atomic mass is 10.1. The fraction of sp³-hybridized carbons (Fsp3) is 0.533. The fourth-order valence-electron chi connectivity index (χ4n) is 2.35. The minimum absolute atomic E-state index is 0.777. The monoisotopic (exact) mass is 273 g/mol. The molecule has 2 aromatic rings. The Morgan fingerprint density at radius 2 is 1.90 bits per heavy atom. The molecule has 20 heavy (non-hydrogen) atoms. The van der Waals surface area contributed by atoms with Gasteiger partial charge in [-0.25, -0.2) is 9.97 Å². The summed E-state index contributed by atoms with van der Waals surface area (Å²) in [5.41, 5.74) is 3.42. The molecule has 5 nitrogen and oxygen atoms in total. The average Bonchev–Trinajstić information content (AvgIpc) is 2.84. The summed E-state index contributed by atoms with van der Waals surface area (Å²) in [6.07, 6.45) is 1.69. The molecule has 0 aliphatic carbocycles. The third kappa shape index (κ3) is 2.72. The number of pyridine rings is 1. The number of rotatable bonds is 5. The lowest BCUT2D eigenvalue weighted by molar-refractivity contribution is 0.728. The van der Waals surface area contributed by atoms with Crippen LogP contribution in [0.5, 0.6) is 0 Å². The molecular formula is C15H23N5. The molecule has 0 amide bonds. The van der Waals surface area contributed by atoms with E-state index in [0.717, 1.165) is 42.5 Å². The zero-order valence-electron chi connectivity index (χ0n) is 13.0. The second-order valence-electron chi connectivity index (χ2n) is 4.98. The van der Waals surface area contributed by atoms with Crippen molar-refractivity contribution in [3.05, 3.63) is 34.5 Å². The molecule has 0 aromatic carbocycles. The zero-order chi connectivity index (χ0) is 14.7. The lowest BCUT2D eigenvalue weighted by Crippen LogP contribution is -2.15. The summed E-state index contributed by atoms with van der Waals surface area (Å²) >= 11 is 0. The second kappa shape index (κ2) is 6.13. The lowest BCUT2D eigenvalue weighted by Gasteiger charge is -2.13. The minimum atomic E-state index is 0.777. The van der Waals surface area contributed by atoms with Crippen molar-refractivity contribution in [3.63, 3.8) is 0 Å². The predicted octanol–water partition coefficient (Wildman–Crippen LogP) is 2.12. The minimum Gasteiger partial charge on any atom is -0.316 e. The van der Waals surface area contributed by atoms with E-state index >= 15 is 0 Å². The van der Waals surface area contributed by atoms with Crippen LogP contribution in [0.3, 0.4) is 0 Å². The highest BCUT2D eigenvalue weighted by Gasteiger charge is 2.16. The molecule has 0 aliphatic heterocycles. The highest BCUT2D eigenvalue weighted by molar-refractivity contribution is 5.41. The summed E-state index contributed by atoms with van der Waals surface area (Å²) in [6, 6.07) is 2.11. The molecule has 0 unspecified atom stereocenters. The van der Waals surface area contributed by atoms with E-state index in [0.29, 0.717) is 0 Å². The summed E-state index contributed by atoms with van der Waals surface area (Å²) in [5.74, 6) is 2.75. The smallest absolute Gasteiger partial charge is 0.160 e. The van der Waals surface area contributed by atoms with Crippen molar-refractivity contribution in [2.24, 2.45) is 0 Å². The van der Waals surface area contributed by atoms with E-state index in [1.54, 1.807) is 0 Å². The Morgan fingerprint density at radius 1 is 1.15 bits per heavy atom. The molecule has 5 heteroatoms. The van der Waals surface area contributed by atoms with Gasteiger partial charge in [-0.3, -0.25) is 0 Å². The highest BCUT2D eigenvalue weighted by Crippen LogP contribution is 2.19. The summed E-state index contributed by atoms with van der Waals surface area (Å²) in [4.78, 5) is 9.28. The molecule has 2 rings (SSSR count). The van der Waals surface area contributed by atoms with Gasteiger partial charge >= 0.3 is 0 Å². The maximum absolute atomic E-state index is 4.70. The van der Waals surface area contributed by atoms with Gasteiger partial charge in [-0.1, -0.05) is 13.8 Å². The number of nitrogens with one attached hydrogen (secondary N) is 1. The number of nitrogens with zero attached hydrogens (tertiary/aromatic N) is 4. The van der Waals surface area contributed by atoms with Crippen molar-refractivity contribution < 1.29 is 0 Å². The Hall–Kier alpha value is -1.75. The van der Waals surface area contributed by atoms with Crippen LogP contribution >= 0.6 is 0 Å². The Labute approximate surface area is 120 Å². The normalized spacial score (nSPS) is 11.1. The van der Waals surface area contributed by atoms with Crippen molar-refractivity contribution in [2.45, 2.75) is 47.1 Å². The zero-order valence-corrected chi connectivity index (χ0v) is 13.0. The molecule has 0 aliphatic rings. The van der Waals surface area contributed by atoms with Crippen LogP contribution in [0.25, 0.3) is 5.82 Å². The van der Waals surface area contributed by atoms with Crippen LogP contribution in [-0.4, -0.2) is 26.8 Å². The number of aromatic nitrogens is 4. The van der Waals surface area contributed by atoms with Gasteiger partial charge in [0, 0.05) is 30.6 Å². The quantitative estimate of drug-likeness (QED) is 0.906. The third-order valence-electron chi connectivity index (χ3n) is 3.36. The maximum Gasteiger partial charge on any atom is 0.160 e. The Bertz CT molecular complexity index is 601. The third-order valence-corrected chi connectivity index (χ3v) is 3.36. The molecule has 108 valence electrons. The number of aryl methyl sites for hydroxylation is 4. The average molecular weight is 273 g/mol. The van der Waals surface area contributed by atoms with E-state index in [9.17, 15) is 0 Å². The molecule has 0 saturated carbocycles. The van der Waals surface area contributed by atoms with Crippen molar-refractivity contribution in [1.29, 1.82) is 0 Å². The first-order chi connectivity index (χ1) is 9.60. The van der Waals surface area contributed by atoms with Gasteiger partial charge in [-0.15, -0.1) is 5.10 Å². The van der Waals surface area contributed by atoms with E-state index in [4.69, 9.17) is 4.98 Å². The van der Waals surface area contributed by atoms with E-state index in [1.165, 1.54) is 11.1 Å². The van der Waals surface area contributed by atoms with Crippen LogP contribution in [0, 0.1) is 13.8 Å². The summed E-state index contributed by atoms with van der Waals surface area (Å²) in [7, 11) is 1.95. The summed E-state index contributed by atoms with van der Waals surface area (Å²) < 4.78 is 1.91. The van der Waals surface area contributed by atoms with Gasteiger partial charge < -0.3 is 5.32 Å². The van der Waals surface area contributed by atoms with Gasteiger partial charge in [0.25, 0.3) is 0 Å². The number of hydrogen-bond acceptors (Lipinski definition) is 4. The Morgan fingerprint density at radius 3 is 2.50 bits per heavy atom. The molecule has 0 spiro atoms. The van der Waals surface area contributed by atoms with Gasteiger partial charge in [-0.05, 0) is 32.5 Å². The highest BCUT2D eigenvalue weighted by atomic mass is 15.4. The molecule has 1 N–H and O–H groups in total. The SMILES string of the molecule is CCc1nc(CC)n(-c2nc(C)cc(C)c2CNC)n1. The van der Waals surface area contributed by atoms with Crippen LogP contribution in [0.2, 0.25) is 0 Å². The largest absolute Gasteiger partial charge is 0.316 e. The first-order valence-electron chi connectivity index (χ1n) is 7.17. The van der Waals surface area contributed by atoms with E-state index in [-0.39, 0.29) is 0 Å². The molecule has 0 saturated heterocycles. The van der Waals surface area contributed by atoms with Gasteiger partial charge in [0.1, 0.15) is 5.82 Å². The van der Waals surface area contributed by atoms with Gasteiger partial charge in [0.05, 0.1) is 0 Å². The maximum atomic E-state index is 4.70. The first-order valence-corrected chi connectivity index (χ1v) is 7.17. The Balaban J connectivity index is 2.64. The van der Waals surface area contributed by atoms with Crippen LogP contribution in [0.15, 0.2) is 6.07 Å². The molecule has 0 radical (unpaired) electrons. The van der Waals surface area contributed by atoms with Crippen LogP contribution in [0.1, 0.15) is 42.3 Å². The van der Waals surface area contributed by atoms with Crippen LogP contribution in [0.4, 0.5) is 0 Å². The van der Waals surface area contributed by atoms with Crippen LogP contribution < -0.4 is 5.32 Å². The molecule has 0 fully saturated rings. The standard InChI is InChI=1S/C15H23N5/c1-6-13-18-14(7-2)20(19-13)15-12(9-16-5)10(3)8-11(4)17-15/h8,16H,6-7,9H2,1-5H3. The molecule has 2 heterocycles. The second-order valence-corrected chi connectivity index (χ2v) is 4.98. The van der Waals surface area contributed by atoms with E-state index in [2.05, 4.69) is 42.2 Å². The first kappa shape index (κ1) is 14.7. The molecular weight excluding hydrogens is 250 g/mol. The number of hydrogen-bond donors (Lipinski definition) is 1. The predicted molar refractivity (Wildman–Crippen MR) is 80.1 cm³/mol. The topological polar surface area (TPSA) is 55.6 Å². The fourth-order valence-corrected chi connectivity index (χ4v) is 2.35. The molecule has 0 atom stereocenters. The summed E-state index contributed by atoms with van der Waals surface area (Å²) in [6.45, 7) is 9.08. The van der Waals surface area contributed by atoms with Gasteiger partial charge in [0.2, 0.25) is 0 Å². The van der Waals surface area contributed by atoms with E-state index in [1.807, 2.05) is 18.7 Å². The molecule has 2 aromatic heterocycles. The van der Waals surface area contributed by atoms with Crippen molar-refractivity contribution >= 4 is 0 Å². The van der Waals surface area contributed by atoms with Crippen LogP contribution in [-0.2, 0) is 19.4 Å². The van der Waals surface area contributed by atoms with Crippen molar-refractivity contribution in [2.75, 3.05) is 7.05 Å². The van der Waals surface area contributed by atoms with Gasteiger partial charge in [-0.2, -0.15) is 4.68 Å². The summed E-state index contributed by atoms with van der Waals surface area (Å²) in [5, 5.41) is 7.82. The Kier molecular flexibility index (Phi) is 4.49. The van der Waals surface area contributed by atoms with Crippen molar-refractivity contribution in [3.8, 4) is 5.82 Å². The van der Waals surface area contributed by atoms with E-state index < -0.39 is 0 Å².